The quantitative estimate of drug-likeness (QED) is 0.569. The van der Waals surface area contributed by atoms with E-state index < -0.39 is 24.3 Å². The Morgan fingerprint density at radius 3 is 2.69 bits per heavy atom. The fourth-order valence-corrected chi connectivity index (χ4v) is 5.78. The van der Waals surface area contributed by atoms with Crippen molar-refractivity contribution in [1.82, 2.24) is 10.2 Å². The van der Waals surface area contributed by atoms with Crippen LogP contribution in [0.4, 0.5) is 9.18 Å². The summed E-state index contributed by atoms with van der Waals surface area (Å²) >= 11 is 0. The molecule has 7 heteroatoms. The molecule has 1 aliphatic heterocycles. The zero-order chi connectivity index (χ0) is 24.4. The largest absolute Gasteiger partial charge is 0.445 e. The summed E-state index contributed by atoms with van der Waals surface area (Å²) in [6.45, 7) is -0.00729. The second-order valence-corrected chi connectivity index (χ2v) is 9.89. The number of fused-ring (bicyclic) bond motifs is 3. The van der Waals surface area contributed by atoms with Crippen LogP contribution >= 0.6 is 0 Å². The summed E-state index contributed by atoms with van der Waals surface area (Å²) in [7, 11) is 0. The average Bonchev–Trinajstić information content (AvgIpc) is 3.45. The minimum atomic E-state index is -1.21. The van der Waals surface area contributed by atoms with Crippen molar-refractivity contribution >= 4 is 12.0 Å². The third-order valence-electron chi connectivity index (χ3n) is 7.57. The molecule has 1 saturated heterocycles. The topological polar surface area (TPSA) is 82.4 Å². The van der Waals surface area contributed by atoms with Crippen molar-refractivity contribution in [3.05, 3.63) is 59.2 Å². The first-order valence-electron chi connectivity index (χ1n) is 12.5. The molecule has 3 aliphatic rings. The maximum atomic E-state index is 14.0. The second-order valence-electron chi connectivity index (χ2n) is 9.89. The van der Waals surface area contributed by atoms with Gasteiger partial charge in [-0.15, -0.1) is 0 Å². The lowest BCUT2D eigenvalue weighted by atomic mass is 9.83. The van der Waals surface area contributed by atoms with Gasteiger partial charge in [-0.3, -0.25) is 4.79 Å². The predicted octanol–water partition coefficient (Wildman–Crippen LogP) is 4.90. The van der Waals surface area contributed by atoms with E-state index in [1.165, 1.54) is 27.2 Å². The zero-order valence-corrected chi connectivity index (χ0v) is 19.7. The van der Waals surface area contributed by atoms with Crippen LogP contribution < -0.4 is 5.32 Å². The minimum Gasteiger partial charge on any atom is -0.445 e. The molecular formula is C28H30FN3O3. The van der Waals surface area contributed by atoms with Crippen molar-refractivity contribution in [2.24, 2.45) is 5.92 Å². The number of ether oxygens (including phenoxy) is 1. The van der Waals surface area contributed by atoms with E-state index in [-0.39, 0.29) is 31.4 Å². The number of hydrogen-bond acceptors (Lipinski definition) is 4. The maximum Gasteiger partial charge on any atom is 0.408 e. The van der Waals surface area contributed by atoms with E-state index >= 15 is 0 Å². The van der Waals surface area contributed by atoms with E-state index in [1.54, 1.807) is 0 Å². The van der Waals surface area contributed by atoms with Crippen LogP contribution in [0.2, 0.25) is 0 Å². The van der Waals surface area contributed by atoms with E-state index in [4.69, 9.17) is 4.74 Å². The number of carbonyl (C=O) groups is 2. The van der Waals surface area contributed by atoms with Crippen LogP contribution in [0.25, 0.3) is 11.1 Å². The summed E-state index contributed by atoms with van der Waals surface area (Å²) in [4.78, 5) is 27.4. The van der Waals surface area contributed by atoms with Crippen molar-refractivity contribution in [3.8, 4) is 17.2 Å². The molecule has 1 heterocycles. The number of alkyl halides is 1. The second kappa shape index (κ2) is 10.1. The Balaban J connectivity index is 1.24. The number of carbonyl (C=O) groups excluding carboxylic acids is 2. The predicted molar refractivity (Wildman–Crippen MR) is 129 cm³/mol. The van der Waals surface area contributed by atoms with E-state index in [0.29, 0.717) is 0 Å². The van der Waals surface area contributed by atoms with Crippen LogP contribution in [-0.2, 0) is 22.6 Å². The monoisotopic (exact) mass is 475 g/mol. The number of hydrogen-bond donors (Lipinski definition) is 1. The minimum absolute atomic E-state index is 0.0201. The van der Waals surface area contributed by atoms with Crippen molar-refractivity contribution in [2.75, 3.05) is 6.54 Å². The highest BCUT2D eigenvalue weighted by Gasteiger charge is 2.41. The van der Waals surface area contributed by atoms with Gasteiger partial charge < -0.3 is 15.0 Å². The van der Waals surface area contributed by atoms with Crippen molar-refractivity contribution in [2.45, 2.75) is 69.8 Å². The van der Waals surface area contributed by atoms with Gasteiger partial charge in [0, 0.05) is 6.42 Å². The molecule has 0 spiro atoms. The first-order chi connectivity index (χ1) is 17.0. The Labute approximate surface area is 205 Å². The van der Waals surface area contributed by atoms with Crippen LogP contribution in [0.1, 0.15) is 55.2 Å². The van der Waals surface area contributed by atoms with E-state index in [0.717, 1.165) is 44.1 Å². The molecule has 3 atom stereocenters. The van der Waals surface area contributed by atoms with Crippen molar-refractivity contribution in [1.29, 1.82) is 5.26 Å². The first-order valence-corrected chi connectivity index (χ1v) is 12.5. The number of nitriles is 1. The Morgan fingerprint density at radius 2 is 1.89 bits per heavy atom. The van der Waals surface area contributed by atoms with E-state index in [1.807, 2.05) is 24.3 Å². The Bertz CT molecular complexity index is 1150. The zero-order valence-electron chi connectivity index (χ0n) is 19.7. The Hall–Kier alpha value is -3.40. The van der Waals surface area contributed by atoms with E-state index in [9.17, 15) is 19.2 Å². The normalized spacial score (nSPS) is 22.1. The standard InChI is InChI=1S/C28H30FN3O3/c29-22-14-23(15-30)32(16-22)27(33)26(19-6-2-1-3-7-19)31-28(34)35-17-18-10-11-25-21(12-18)13-20-8-4-5-9-24(20)25/h4-5,8-12,19,22-23,26H,1-3,6-7,13-14,16-17H2,(H,31,34)/t22-,23-,26-/m0/s1. The number of rotatable bonds is 5. The lowest BCUT2D eigenvalue weighted by molar-refractivity contribution is -0.135. The number of halogens is 1. The van der Waals surface area contributed by atoms with Crippen molar-refractivity contribution < 1.29 is 18.7 Å². The number of nitrogens with zero attached hydrogens (tertiary/aromatic N) is 2. The van der Waals surface area contributed by atoms with Gasteiger partial charge in [-0.25, -0.2) is 9.18 Å². The molecule has 6 nitrogen and oxygen atoms in total. The molecule has 2 fully saturated rings. The number of benzene rings is 2. The van der Waals surface area contributed by atoms with Gasteiger partial charge in [-0.2, -0.15) is 5.26 Å². The SMILES string of the molecule is N#C[C@@H]1C[C@H](F)CN1C(=O)[C@@H](NC(=O)OCc1ccc2c(c1)Cc1ccccc1-2)C1CCCCC1. The van der Waals surface area contributed by atoms with Gasteiger partial charge in [-0.05, 0) is 53.0 Å². The fourth-order valence-electron chi connectivity index (χ4n) is 5.78. The van der Waals surface area contributed by atoms with Gasteiger partial charge in [0.2, 0.25) is 5.91 Å². The lowest BCUT2D eigenvalue weighted by Crippen LogP contribution is -2.53. The summed E-state index contributed by atoms with van der Waals surface area (Å²) in [6, 6.07) is 14.8. The van der Waals surface area contributed by atoms with Gasteiger partial charge in [0.05, 0.1) is 12.6 Å². The average molecular weight is 476 g/mol. The lowest BCUT2D eigenvalue weighted by Gasteiger charge is -2.33. The van der Waals surface area contributed by atoms with Crippen LogP contribution in [-0.4, -0.2) is 41.7 Å². The van der Waals surface area contributed by atoms with Crippen LogP contribution in [0.15, 0.2) is 42.5 Å². The van der Waals surface area contributed by atoms with Gasteiger partial charge in [0.1, 0.15) is 24.9 Å². The molecule has 2 aliphatic carbocycles. The third kappa shape index (κ3) is 4.88. The molecule has 5 rings (SSSR count). The molecule has 2 aromatic carbocycles. The summed E-state index contributed by atoms with van der Waals surface area (Å²) in [5, 5.41) is 12.2. The summed E-state index contributed by atoms with van der Waals surface area (Å²) in [5.41, 5.74) is 5.84. The molecular weight excluding hydrogens is 445 g/mol. The number of nitrogens with one attached hydrogen (secondary N) is 1. The van der Waals surface area contributed by atoms with Gasteiger partial charge in [0.15, 0.2) is 0 Å². The fraction of sp³-hybridized carbons (Fsp3) is 0.464. The maximum absolute atomic E-state index is 14.0. The molecule has 1 N–H and O–H groups in total. The molecule has 0 radical (unpaired) electrons. The highest BCUT2D eigenvalue weighted by atomic mass is 19.1. The summed E-state index contributed by atoms with van der Waals surface area (Å²) in [6.07, 6.45) is 3.68. The van der Waals surface area contributed by atoms with Crippen molar-refractivity contribution in [3.63, 3.8) is 0 Å². The number of alkyl carbamates (subject to hydrolysis) is 1. The van der Waals surface area contributed by atoms with Crippen LogP contribution in [0.5, 0.6) is 0 Å². The third-order valence-corrected chi connectivity index (χ3v) is 7.57. The Kier molecular flexibility index (Phi) is 6.72. The van der Waals surface area contributed by atoms with Gasteiger partial charge in [-0.1, -0.05) is 61.7 Å². The molecule has 0 unspecified atom stereocenters. The molecule has 0 bridgehead atoms. The molecule has 0 aromatic heterocycles. The van der Waals surface area contributed by atoms with Gasteiger partial charge in [0.25, 0.3) is 0 Å². The van der Waals surface area contributed by atoms with Crippen LogP contribution in [0, 0.1) is 17.2 Å². The molecule has 1 saturated carbocycles. The smallest absolute Gasteiger partial charge is 0.408 e. The van der Waals surface area contributed by atoms with Gasteiger partial charge >= 0.3 is 6.09 Å². The molecule has 35 heavy (non-hydrogen) atoms. The number of amides is 2. The Morgan fingerprint density at radius 1 is 1.11 bits per heavy atom. The molecule has 182 valence electrons. The molecule has 2 amide bonds. The first kappa shape index (κ1) is 23.3. The highest BCUT2D eigenvalue weighted by Crippen LogP contribution is 2.37. The molecule has 2 aromatic rings. The summed E-state index contributed by atoms with van der Waals surface area (Å²) in [5.74, 6) is -0.420. The van der Waals surface area contributed by atoms with E-state index in [2.05, 4.69) is 29.6 Å². The highest BCUT2D eigenvalue weighted by molar-refractivity contribution is 5.87. The number of likely N-dealkylation sites (tertiary alicyclic amines) is 1. The van der Waals surface area contributed by atoms with Crippen LogP contribution in [0.3, 0.4) is 0 Å². The summed E-state index contributed by atoms with van der Waals surface area (Å²) < 4.78 is 19.5.